The summed E-state index contributed by atoms with van der Waals surface area (Å²) in [5.74, 6) is -1.27. The van der Waals surface area contributed by atoms with Gasteiger partial charge in [0, 0.05) is 12.5 Å². The molecule has 0 bridgehead atoms. The maximum absolute atomic E-state index is 12.7. The lowest BCUT2D eigenvalue weighted by Gasteiger charge is -2.17. The van der Waals surface area contributed by atoms with Crippen LogP contribution in [0.25, 0.3) is 6.08 Å². The number of carboxylic acids is 1. The molecule has 3 rings (SSSR count). The number of rotatable bonds is 5. The molecule has 0 saturated carbocycles. The van der Waals surface area contributed by atoms with E-state index in [9.17, 15) is 13.2 Å². The van der Waals surface area contributed by atoms with E-state index in [1.54, 1.807) is 30.3 Å². The number of aliphatic carboxylic acids is 1. The van der Waals surface area contributed by atoms with Crippen LogP contribution in [0, 0.1) is 0 Å². The molecule has 0 spiro atoms. The molecule has 5 nitrogen and oxygen atoms in total. The molecule has 124 valence electrons. The first-order valence-electron chi connectivity index (χ1n) is 7.54. The molecule has 0 fully saturated rings. The third-order valence-corrected chi connectivity index (χ3v) is 5.43. The molecule has 0 saturated heterocycles. The van der Waals surface area contributed by atoms with E-state index < -0.39 is 16.0 Å². The van der Waals surface area contributed by atoms with Gasteiger partial charge in [-0.25, -0.2) is 8.42 Å². The van der Waals surface area contributed by atoms with Crippen LogP contribution >= 0.6 is 0 Å². The smallest absolute Gasteiger partial charge is 0.304 e. The molecule has 0 radical (unpaired) electrons. The molecular weight excluding hydrogens is 326 g/mol. The number of nitrogens with zero attached hydrogens (tertiary/aromatic N) is 1. The van der Waals surface area contributed by atoms with Crippen LogP contribution < -0.4 is 4.31 Å². The predicted octanol–water partition coefficient (Wildman–Crippen LogP) is 3.07. The third kappa shape index (κ3) is 3.33. The first-order chi connectivity index (χ1) is 11.5. The summed E-state index contributed by atoms with van der Waals surface area (Å²) in [4.78, 5) is 11.1. The summed E-state index contributed by atoms with van der Waals surface area (Å²) in [6, 6.07) is 16.2. The minimum absolute atomic E-state index is 0.0918. The Morgan fingerprint density at radius 1 is 1.12 bits per heavy atom. The van der Waals surface area contributed by atoms with Crippen molar-refractivity contribution in [1.29, 1.82) is 0 Å². The fraction of sp³-hybridized carbons (Fsp3) is 0.167. The summed E-state index contributed by atoms with van der Waals surface area (Å²) in [6.07, 6.45) is 1.45. The molecule has 1 N–H and O–H groups in total. The first kappa shape index (κ1) is 16.3. The highest BCUT2D eigenvalue weighted by atomic mass is 32.2. The number of hydrogen-bond acceptors (Lipinski definition) is 3. The van der Waals surface area contributed by atoms with Crippen LogP contribution in [0.5, 0.6) is 0 Å². The lowest BCUT2D eigenvalue weighted by atomic mass is 9.98. The normalized spacial score (nSPS) is 17.2. The fourth-order valence-electron chi connectivity index (χ4n) is 2.89. The van der Waals surface area contributed by atoms with Gasteiger partial charge in [-0.3, -0.25) is 9.10 Å². The number of carbonyl (C=O) groups is 1. The topological polar surface area (TPSA) is 74.7 Å². The second-order valence-electron chi connectivity index (χ2n) is 5.64. The van der Waals surface area contributed by atoms with Crippen molar-refractivity contribution in [3.63, 3.8) is 0 Å². The van der Waals surface area contributed by atoms with Crippen molar-refractivity contribution in [2.45, 2.75) is 12.3 Å². The maximum Gasteiger partial charge on any atom is 0.304 e. The van der Waals surface area contributed by atoms with Gasteiger partial charge < -0.3 is 5.11 Å². The van der Waals surface area contributed by atoms with Gasteiger partial charge in [0.2, 0.25) is 0 Å². The maximum atomic E-state index is 12.7. The Balaban J connectivity index is 1.91. The van der Waals surface area contributed by atoms with E-state index in [0.717, 1.165) is 11.1 Å². The van der Waals surface area contributed by atoms with E-state index in [1.807, 2.05) is 30.3 Å². The predicted molar refractivity (Wildman–Crippen MR) is 93.2 cm³/mol. The zero-order valence-electron chi connectivity index (χ0n) is 12.9. The molecule has 0 aromatic heterocycles. The van der Waals surface area contributed by atoms with E-state index in [-0.39, 0.29) is 18.9 Å². The lowest BCUT2D eigenvalue weighted by molar-refractivity contribution is -0.137. The summed E-state index contributed by atoms with van der Waals surface area (Å²) in [7, 11) is -3.68. The van der Waals surface area contributed by atoms with Crippen molar-refractivity contribution >= 4 is 27.8 Å². The van der Waals surface area contributed by atoms with Gasteiger partial charge in [-0.2, -0.15) is 0 Å². The van der Waals surface area contributed by atoms with Crippen LogP contribution in [0.3, 0.4) is 0 Å². The average Bonchev–Trinajstić information content (AvgIpc) is 2.93. The van der Waals surface area contributed by atoms with Gasteiger partial charge in [0.15, 0.2) is 0 Å². The van der Waals surface area contributed by atoms with Gasteiger partial charge in [-0.15, -0.1) is 0 Å². The second-order valence-corrected chi connectivity index (χ2v) is 7.39. The number of hydrogen-bond donors (Lipinski definition) is 1. The van der Waals surface area contributed by atoms with Crippen molar-refractivity contribution in [3.05, 3.63) is 71.1 Å². The third-order valence-electron chi connectivity index (χ3n) is 3.99. The van der Waals surface area contributed by atoms with E-state index in [4.69, 9.17) is 5.11 Å². The summed E-state index contributed by atoms with van der Waals surface area (Å²) in [5.41, 5.74) is 2.11. The number of para-hydroxylation sites is 1. The zero-order chi connectivity index (χ0) is 17.2. The summed E-state index contributed by atoms with van der Waals surface area (Å²) >= 11 is 0. The number of benzene rings is 2. The summed E-state index contributed by atoms with van der Waals surface area (Å²) < 4.78 is 26.7. The lowest BCUT2D eigenvalue weighted by Crippen LogP contribution is -2.28. The molecule has 1 unspecified atom stereocenters. The number of sulfonamides is 1. The molecule has 1 aliphatic rings. The van der Waals surface area contributed by atoms with Crippen LogP contribution in [0.4, 0.5) is 5.69 Å². The minimum Gasteiger partial charge on any atom is -0.481 e. The van der Waals surface area contributed by atoms with Gasteiger partial charge in [0.25, 0.3) is 10.0 Å². The van der Waals surface area contributed by atoms with E-state index in [0.29, 0.717) is 5.69 Å². The Morgan fingerprint density at radius 3 is 2.50 bits per heavy atom. The molecule has 1 heterocycles. The van der Waals surface area contributed by atoms with Gasteiger partial charge in [0.1, 0.15) is 0 Å². The largest absolute Gasteiger partial charge is 0.481 e. The van der Waals surface area contributed by atoms with Crippen LogP contribution in [0.2, 0.25) is 0 Å². The monoisotopic (exact) mass is 343 g/mol. The Morgan fingerprint density at radius 2 is 1.79 bits per heavy atom. The van der Waals surface area contributed by atoms with Gasteiger partial charge in [-0.05, 0) is 23.3 Å². The Bertz CT molecular complexity index is 875. The second kappa shape index (κ2) is 6.49. The Labute approximate surface area is 140 Å². The van der Waals surface area contributed by atoms with Crippen LogP contribution in [0.1, 0.15) is 23.5 Å². The molecule has 0 aliphatic carbocycles. The van der Waals surface area contributed by atoms with Crippen molar-refractivity contribution in [2.24, 2.45) is 0 Å². The molecule has 6 heteroatoms. The van der Waals surface area contributed by atoms with E-state index in [1.165, 1.54) is 9.71 Å². The average molecular weight is 343 g/mol. The SMILES string of the molecule is O=C(O)CC1CN(S(=O)(=O)/C=C/c2ccccc2)c2ccccc21. The highest BCUT2D eigenvalue weighted by Gasteiger charge is 2.35. The molecule has 0 amide bonds. The molecule has 24 heavy (non-hydrogen) atoms. The van der Waals surface area contributed by atoms with Crippen LogP contribution in [-0.4, -0.2) is 26.0 Å². The minimum atomic E-state index is -3.68. The molecule has 2 aromatic rings. The zero-order valence-corrected chi connectivity index (χ0v) is 13.7. The van der Waals surface area contributed by atoms with Crippen molar-refractivity contribution in [3.8, 4) is 0 Å². The van der Waals surface area contributed by atoms with Gasteiger partial charge in [0.05, 0.1) is 17.5 Å². The summed E-state index contributed by atoms with van der Waals surface area (Å²) in [6.45, 7) is 0.146. The van der Waals surface area contributed by atoms with Crippen molar-refractivity contribution < 1.29 is 18.3 Å². The number of fused-ring (bicyclic) bond motifs is 1. The molecular formula is C18H17NO4S. The van der Waals surface area contributed by atoms with Crippen LogP contribution in [-0.2, 0) is 14.8 Å². The van der Waals surface area contributed by atoms with Crippen LogP contribution in [0.15, 0.2) is 60.0 Å². The Kier molecular flexibility index (Phi) is 4.40. The fourth-order valence-corrected chi connectivity index (χ4v) is 4.19. The Hall–Kier alpha value is -2.60. The number of carboxylic acid groups (broad SMARTS) is 1. The number of anilines is 1. The summed E-state index contributed by atoms with van der Waals surface area (Å²) in [5, 5.41) is 10.2. The molecule has 1 atom stereocenters. The van der Waals surface area contributed by atoms with Crippen molar-refractivity contribution in [1.82, 2.24) is 0 Å². The molecule has 1 aliphatic heterocycles. The standard InChI is InChI=1S/C18H17NO4S/c20-18(21)12-15-13-19(17-9-5-4-8-16(15)17)24(22,23)11-10-14-6-2-1-3-7-14/h1-11,15H,12-13H2,(H,20,21)/b11-10+. The van der Waals surface area contributed by atoms with E-state index in [2.05, 4.69) is 0 Å². The molecule has 2 aromatic carbocycles. The van der Waals surface area contributed by atoms with Gasteiger partial charge in [-0.1, -0.05) is 48.5 Å². The van der Waals surface area contributed by atoms with Gasteiger partial charge >= 0.3 is 5.97 Å². The van der Waals surface area contributed by atoms with E-state index >= 15 is 0 Å². The first-order valence-corrected chi connectivity index (χ1v) is 9.04. The highest BCUT2D eigenvalue weighted by molar-refractivity contribution is 7.95. The van der Waals surface area contributed by atoms with Crippen molar-refractivity contribution in [2.75, 3.05) is 10.8 Å². The quantitative estimate of drug-likeness (QED) is 0.905. The highest BCUT2D eigenvalue weighted by Crippen LogP contribution is 2.39.